The van der Waals surface area contributed by atoms with Gasteiger partial charge in [0.25, 0.3) is 0 Å². The summed E-state index contributed by atoms with van der Waals surface area (Å²) >= 11 is 0. The van der Waals surface area contributed by atoms with Gasteiger partial charge in [0.1, 0.15) is 6.61 Å². The number of methoxy groups -OCH3 is 1. The van der Waals surface area contributed by atoms with Crippen LogP contribution in [0.2, 0.25) is 0 Å². The van der Waals surface area contributed by atoms with E-state index in [1.165, 1.54) is 0 Å². The van der Waals surface area contributed by atoms with Crippen LogP contribution in [0.3, 0.4) is 0 Å². The van der Waals surface area contributed by atoms with Crippen molar-refractivity contribution < 1.29 is 14.2 Å². The highest BCUT2D eigenvalue weighted by Gasteiger charge is 2.08. The molecule has 0 saturated heterocycles. The summed E-state index contributed by atoms with van der Waals surface area (Å²) in [5.41, 5.74) is 0.721. The Morgan fingerprint density at radius 3 is 2.42 bits per heavy atom. The summed E-state index contributed by atoms with van der Waals surface area (Å²) in [5.74, 6) is 0. The lowest BCUT2D eigenvalue weighted by Gasteiger charge is -2.15. The quantitative estimate of drug-likeness (QED) is 0.344. The molecule has 5 nitrogen and oxygen atoms in total. The Morgan fingerprint density at radius 2 is 1.84 bits per heavy atom. The molecule has 0 bridgehead atoms. The highest BCUT2D eigenvalue weighted by molar-refractivity contribution is 5.78. The van der Waals surface area contributed by atoms with E-state index in [0.717, 1.165) is 44.2 Å². The van der Waals surface area contributed by atoms with Crippen molar-refractivity contribution in [3.63, 3.8) is 0 Å². The topological polar surface area (TPSA) is 75.4 Å². The van der Waals surface area contributed by atoms with Gasteiger partial charge in [0, 0.05) is 12.8 Å². The SMILES string of the molecule is CCCC(COC(=N)OCCCCCC(C)=N)OC. The van der Waals surface area contributed by atoms with E-state index in [9.17, 15) is 0 Å². The van der Waals surface area contributed by atoms with Crippen molar-refractivity contribution in [2.75, 3.05) is 20.3 Å². The van der Waals surface area contributed by atoms with Crippen LogP contribution in [0.4, 0.5) is 0 Å². The smallest absolute Gasteiger partial charge is 0.380 e. The summed E-state index contributed by atoms with van der Waals surface area (Å²) in [4.78, 5) is 0. The molecule has 0 aromatic rings. The van der Waals surface area contributed by atoms with Gasteiger partial charge in [0.05, 0.1) is 12.7 Å². The fraction of sp³-hybridized carbons (Fsp3) is 0.857. The van der Waals surface area contributed by atoms with Gasteiger partial charge < -0.3 is 19.6 Å². The van der Waals surface area contributed by atoms with E-state index >= 15 is 0 Å². The first-order valence-corrected chi connectivity index (χ1v) is 7.01. The van der Waals surface area contributed by atoms with Crippen LogP contribution >= 0.6 is 0 Å². The van der Waals surface area contributed by atoms with Gasteiger partial charge in [0.2, 0.25) is 0 Å². The van der Waals surface area contributed by atoms with E-state index in [-0.39, 0.29) is 12.2 Å². The lowest BCUT2D eigenvalue weighted by Crippen LogP contribution is -2.21. The molecule has 0 saturated carbocycles. The highest BCUT2D eigenvalue weighted by Crippen LogP contribution is 2.03. The summed E-state index contributed by atoms with van der Waals surface area (Å²) in [6, 6.07) is 0. The molecule has 5 heteroatoms. The second-order valence-electron chi connectivity index (χ2n) is 4.68. The molecule has 0 spiro atoms. The van der Waals surface area contributed by atoms with Crippen LogP contribution in [0.25, 0.3) is 0 Å². The van der Waals surface area contributed by atoms with E-state index in [1.54, 1.807) is 7.11 Å². The lowest BCUT2D eigenvalue weighted by atomic mass is 10.1. The van der Waals surface area contributed by atoms with Gasteiger partial charge in [-0.15, -0.1) is 0 Å². The molecule has 1 atom stereocenters. The molecule has 0 rings (SSSR count). The molecule has 0 aliphatic heterocycles. The van der Waals surface area contributed by atoms with E-state index in [4.69, 9.17) is 25.0 Å². The molecule has 0 aromatic carbocycles. The van der Waals surface area contributed by atoms with Gasteiger partial charge in [-0.3, -0.25) is 0 Å². The maximum atomic E-state index is 7.50. The largest absolute Gasteiger partial charge is 0.451 e. The Morgan fingerprint density at radius 1 is 1.11 bits per heavy atom. The molecular formula is C14H28N2O3. The average molecular weight is 272 g/mol. The molecule has 1 unspecified atom stereocenters. The van der Waals surface area contributed by atoms with Crippen molar-refractivity contribution >= 4 is 11.8 Å². The molecule has 0 radical (unpaired) electrons. The number of hydrogen-bond donors (Lipinski definition) is 2. The molecule has 0 amide bonds. The van der Waals surface area contributed by atoms with Crippen LogP contribution in [-0.4, -0.2) is 38.2 Å². The average Bonchev–Trinajstić information content (AvgIpc) is 2.38. The monoisotopic (exact) mass is 272 g/mol. The van der Waals surface area contributed by atoms with Gasteiger partial charge in [0.15, 0.2) is 0 Å². The molecular weight excluding hydrogens is 244 g/mol. The van der Waals surface area contributed by atoms with Crippen molar-refractivity contribution in [1.82, 2.24) is 0 Å². The van der Waals surface area contributed by atoms with Gasteiger partial charge >= 0.3 is 6.08 Å². The minimum absolute atomic E-state index is 0.0320. The zero-order chi connectivity index (χ0) is 14.5. The minimum atomic E-state index is -0.124. The van der Waals surface area contributed by atoms with Crippen molar-refractivity contribution in [1.29, 1.82) is 10.8 Å². The predicted octanol–water partition coefficient (Wildman–Crippen LogP) is 3.37. The lowest BCUT2D eigenvalue weighted by molar-refractivity contribution is 0.0308. The van der Waals surface area contributed by atoms with Crippen LogP contribution in [0.5, 0.6) is 0 Å². The number of rotatable bonds is 11. The molecule has 19 heavy (non-hydrogen) atoms. The number of ether oxygens (including phenoxy) is 3. The van der Waals surface area contributed by atoms with Crippen LogP contribution in [0.1, 0.15) is 52.4 Å². The number of hydrogen-bond acceptors (Lipinski definition) is 5. The molecule has 2 N–H and O–H groups in total. The normalized spacial score (nSPS) is 11.9. The molecule has 0 fully saturated rings. The van der Waals surface area contributed by atoms with Crippen molar-refractivity contribution in [3.8, 4) is 0 Å². The minimum Gasteiger partial charge on any atom is -0.451 e. The van der Waals surface area contributed by atoms with Gasteiger partial charge in [-0.25, -0.2) is 5.41 Å². The van der Waals surface area contributed by atoms with Crippen molar-refractivity contribution in [3.05, 3.63) is 0 Å². The summed E-state index contributed by atoms with van der Waals surface area (Å²) in [6.45, 7) is 4.78. The Kier molecular flexibility index (Phi) is 11.3. The maximum Gasteiger partial charge on any atom is 0.380 e. The Balaban J connectivity index is 3.46. The van der Waals surface area contributed by atoms with Gasteiger partial charge in [-0.2, -0.15) is 0 Å². The third-order valence-corrected chi connectivity index (χ3v) is 2.77. The predicted molar refractivity (Wildman–Crippen MR) is 77.2 cm³/mol. The van der Waals surface area contributed by atoms with Crippen LogP contribution in [0, 0.1) is 10.8 Å². The molecule has 0 aliphatic carbocycles. The Hall–Kier alpha value is -1.10. The van der Waals surface area contributed by atoms with E-state index in [1.807, 2.05) is 6.92 Å². The summed E-state index contributed by atoms with van der Waals surface area (Å²) in [6.07, 6.45) is 5.62. The van der Waals surface area contributed by atoms with E-state index in [2.05, 4.69) is 6.92 Å². The molecule has 0 aliphatic rings. The third-order valence-electron chi connectivity index (χ3n) is 2.77. The van der Waals surface area contributed by atoms with Crippen LogP contribution in [0.15, 0.2) is 0 Å². The maximum absolute atomic E-state index is 7.50. The zero-order valence-corrected chi connectivity index (χ0v) is 12.5. The van der Waals surface area contributed by atoms with Gasteiger partial charge in [-0.1, -0.05) is 13.3 Å². The first-order chi connectivity index (χ1) is 9.10. The highest BCUT2D eigenvalue weighted by atomic mass is 16.7. The second-order valence-corrected chi connectivity index (χ2v) is 4.68. The molecule has 112 valence electrons. The van der Waals surface area contributed by atoms with E-state index < -0.39 is 0 Å². The Bertz CT molecular complexity index is 257. The fourth-order valence-corrected chi connectivity index (χ4v) is 1.64. The first-order valence-electron chi connectivity index (χ1n) is 7.01. The Labute approximate surface area is 116 Å². The fourth-order valence-electron chi connectivity index (χ4n) is 1.64. The van der Waals surface area contributed by atoms with Crippen molar-refractivity contribution in [2.45, 2.75) is 58.5 Å². The van der Waals surface area contributed by atoms with Crippen LogP contribution in [-0.2, 0) is 14.2 Å². The molecule has 0 aromatic heterocycles. The number of unbranched alkanes of at least 4 members (excludes halogenated alkanes) is 2. The van der Waals surface area contributed by atoms with Crippen LogP contribution < -0.4 is 0 Å². The van der Waals surface area contributed by atoms with Crippen molar-refractivity contribution in [2.24, 2.45) is 0 Å². The standard InChI is InChI=1S/C14H28N2O3/c1-4-8-13(17-3)11-19-14(16)18-10-7-5-6-9-12(2)15/h13,15-16H,4-11H2,1-3H3. The summed E-state index contributed by atoms with van der Waals surface area (Å²) in [7, 11) is 1.65. The third kappa shape index (κ3) is 11.7. The summed E-state index contributed by atoms with van der Waals surface area (Å²) in [5, 5.41) is 14.8. The first kappa shape index (κ1) is 17.9. The molecule has 0 heterocycles. The second kappa shape index (κ2) is 12.0. The van der Waals surface area contributed by atoms with Gasteiger partial charge in [-0.05, 0) is 39.0 Å². The number of nitrogens with one attached hydrogen (secondary N) is 2. The zero-order valence-electron chi connectivity index (χ0n) is 12.5. The summed E-state index contributed by atoms with van der Waals surface area (Å²) < 4.78 is 15.6. The van der Waals surface area contributed by atoms with E-state index in [0.29, 0.717) is 13.2 Å².